The lowest BCUT2D eigenvalue weighted by atomic mass is 9.95. The van der Waals surface area contributed by atoms with Gasteiger partial charge in [-0.25, -0.2) is 4.99 Å². The van der Waals surface area contributed by atoms with Crippen molar-refractivity contribution in [3.8, 4) is 5.75 Å². The quantitative estimate of drug-likeness (QED) is 0.296. The van der Waals surface area contributed by atoms with Crippen LogP contribution in [0.4, 0.5) is 0 Å². The molecular formula is C20H34IN3O3. The van der Waals surface area contributed by atoms with Crippen molar-refractivity contribution in [3.63, 3.8) is 0 Å². The van der Waals surface area contributed by atoms with E-state index < -0.39 is 0 Å². The molecule has 1 saturated heterocycles. The van der Waals surface area contributed by atoms with E-state index in [1.807, 2.05) is 20.8 Å². The van der Waals surface area contributed by atoms with E-state index in [0.29, 0.717) is 19.7 Å². The van der Waals surface area contributed by atoms with Crippen molar-refractivity contribution in [2.24, 2.45) is 10.4 Å². The molecule has 6 nitrogen and oxygen atoms in total. The molecule has 1 aliphatic rings. The molecule has 0 spiro atoms. The van der Waals surface area contributed by atoms with Gasteiger partial charge in [-0.2, -0.15) is 0 Å². The van der Waals surface area contributed by atoms with Crippen molar-refractivity contribution in [2.75, 3.05) is 32.9 Å². The van der Waals surface area contributed by atoms with Gasteiger partial charge in [0, 0.05) is 37.1 Å². The third-order valence-electron chi connectivity index (χ3n) is 4.32. The molecule has 0 radical (unpaired) electrons. The van der Waals surface area contributed by atoms with Gasteiger partial charge in [0.05, 0.1) is 19.8 Å². The summed E-state index contributed by atoms with van der Waals surface area (Å²) < 4.78 is 11.6. The minimum absolute atomic E-state index is 0. The van der Waals surface area contributed by atoms with Crippen LogP contribution in [0.15, 0.2) is 23.2 Å². The van der Waals surface area contributed by atoms with Gasteiger partial charge in [0.15, 0.2) is 5.96 Å². The number of halogens is 1. The predicted molar refractivity (Wildman–Crippen MR) is 120 cm³/mol. The van der Waals surface area contributed by atoms with Crippen molar-refractivity contribution in [1.29, 1.82) is 0 Å². The SMILES string of the molecule is CCNC(=NCc1ccc(C)cc1OC1CCOC1)NCC(C)(C)CO.I. The largest absolute Gasteiger partial charge is 0.488 e. The van der Waals surface area contributed by atoms with Crippen LogP contribution in [-0.2, 0) is 11.3 Å². The zero-order valence-corrected chi connectivity index (χ0v) is 19.2. The summed E-state index contributed by atoms with van der Waals surface area (Å²) in [5.41, 5.74) is 2.03. The van der Waals surface area contributed by atoms with Crippen molar-refractivity contribution in [1.82, 2.24) is 10.6 Å². The zero-order chi connectivity index (χ0) is 19.0. The maximum Gasteiger partial charge on any atom is 0.191 e. The maximum atomic E-state index is 9.42. The highest BCUT2D eigenvalue weighted by Gasteiger charge is 2.19. The molecule has 1 atom stereocenters. The Labute approximate surface area is 180 Å². The van der Waals surface area contributed by atoms with E-state index in [0.717, 1.165) is 36.8 Å². The summed E-state index contributed by atoms with van der Waals surface area (Å²) in [5, 5.41) is 16.0. The lowest BCUT2D eigenvalue weighted by Crippen LogP contribution is -2.43. The number of aliphatic imine (C=N–C) groups is 1. The highest BCUT2D eigenvalue weighted by molar-refractivity contribution is 14.0. The lowest BCUT2D eigenvalue weighted by molar-refractivity contribution is 0.140. The summed E-state index contributed by atoms with van der Waals surface area (Å²) in [4.78, 5) is 4.69. The fourth-order valence-electron chi connectivity index (χ4n) is 2.57. The third kappa shape index (κ3) is 8.23. The Morgan fingerprint density at radius 1 is 1.37 bits per heavy atom. The summed E-state index contributed by atoms with van der Waals surface area (Å²) in [6, 6.07) is 6.22. The molecular weight excluding hydrogens is 457 g/mol. The molecule has 1 aliphatic heterocycles. The Balaban J connectivity index is 0.00000364. The van der Waals surface area contributed by atoms with E-state index >= 15 is 0 Å². The van der Waals surface area contributed by atoms with Crippen molar-refractivity contribution in [3.05, 3.63) is 29.3 Å². The first-order chi connectivity index (χ1) is 12.4. The van der Waals surface area contributed by atoms with E-state index in [1.165, 1.54) is 5.56 Å². The van der Waals surface area contributed by atoms with Gasteiger partial charge in [0.25, 0.3) is 0 Å². The van der Waals surface area contributed by atoms with Crippen LogP contribution in [-0.4, -0.2) is 50.1 Å². The minimum atomic E-state index is -0.198. The van der Waals surface area contributed by atoms with Gasteiger partial charge in [-0.05, 0) is 25.5 Å². The van der Waals surface area contributed by atoms with E-state index in [4.69, 9.17) is 9.47 Å². The molecule has 3 N–H and O–H groups in total. The van der Waals surface area contributed by atoms with Crippen LogP contribution in [0.25, 0.3) is 0 Å². The Hall–Kier alpha value is -1.06. The monoisotopic (exact) mass is 491 g/mol. The molecule has 27 heavy (non-hydrogen) atoms. The number of guanidine groups is 1. The van der Waals surface area contributed by atoms with Gasteiger partial charge in [-0.1, -0.05) is 26.0 Å². The fraction of sp³-hybridized carbons (Fsp3) is 0.650. The van der Waals surface area contributed by atoms with Gasteiger partial charge < -0.3 is 25.2 Å². The second kappa shape index (κ2) is 11.7. The molecule has 0 aliphatic carbocycles. The van der Waals surface area contributed by atoms with Crippen LogP contribution in [0.2, 0.25) is 0 Å². The molecule has 0 amide bonds. The summed E-state index contributed by atoms with van der Waals surface area (Å²) in [7, 11) is 0. The Morgan fingerprint density at radius 3 is 2.78 bits per heavy atom. The molecule has 154 valence electrons. The fourth-order valence-corrected chi connectivity index (χ4v) is 2.57. The molecule has 1 fully saturated rings. The Morgan fingerprint density at radius 2 is 2.15 bits per heavy atom. The second-order valence-electron chi connectivity index (χ2n) is 7.59. The molecule has 7 heteroatoms. The number of hydrogen-bond acceptors (Lipinski definition) is 4. The standard InChI is InChI=1S/C20H33N3O3.HI/c1-5-21-19(23-13-20(3,4)14-24)22-11-16-7-6-15(2)10-18(16)26-17-8-9-25-12-17;/h6-7,10,17,24H,5,8-9,11-14H2,1-4H3,(H2,21,22,23);1H. The van der Waals surface area contributed by atoms with Crippen LogP contribution >= 0.6 is 24.0 Å². The average Bonchev–Trinajstić information content (AvgIpc) is 3.12. The van der Waals surface area contributed by atoms with Crippen molar-refractivity contribution in [2.45, 2.75) is 46.8 Å². The Bertz CT molecular complexity index is 602. The topological polar surface area (TPSA) is 75.1 Å². The van der Waals surface area contributed by atoms with Crippen molar-refractivity contribution < 1.29 is 14.6 Å². The van der Waals surface area contributed by atoms with Crippen LogP contribution < -0.4 is 15.4 Å². The van der Waals surface area contributed by atoms with Crippen LogP contribution in [0, 0.1) is 12.3 Å². The third-order valence-corrected chi connectivity index (χ3v) is 4.32. The number of aryl methyl sites for hydroxylation is 1. The van der Waals surface area contributed by atoms with Gasteiger partial charge in [-0.15, -0.1) is 24.0 Å². The van der Waals surface area contributed by atoms with Crippen LogP contribution in [0.3, 0.4) is 0 Å². The number of aliphatic hydroxyl groups is 1. The van der Waals surface area contributed by atoms with E-state index in [9.17, 15) is 5.11 Å². The highest BCUT2D eigenvalue weighted by atomic mass is 127. The Kier molecular flexibility index (Phi) is 10.4. The van der Waals surface area contributed by atoms with Gasteiger partial charge >= 0.3 is 0 Å². The lowest BCUT2D eigenvalue weighted by Gasteiger charge is -2.23. The average molecular weight is 491 g/mol. The molecule has 0 bridgehead atoms. The number of aliphatic hydroxyl groups excluding tert-OH is 1. The molecule has 0 aromatic heterocycles. The van der Waals surface area contributed by atoms with E-state index in [-0.39, 0.29) is 42.1 Å². The number of ether oxygens (including phenoxy) is 2. The number of nitrogens with one attached hydrogen (secondary N) is 2. The first-order valence-electron chi connectivity index (χ1n) is 9.40. The predicted octanol–water partition coefficient (Wildman–Crippen LogP) is 2.85. The van der Waals surface area contributed by atoms with Crippen LogP contribution in [0.5, 0.6) is 5.75 Å². The number of hydrogen-bond donors (Lipinski definition) is 3. The molecule has 1 heterocycles. The zero-order valence-electron chi connectivity index (χ0n) is 16.9. The summed E-state index contributed by atoms with van der Waals surface area (Å²) >= 11 is 0. The second-order valence-corrected chi connectivity index (χ2v) is 7.59. The van der Waals surface area contributed by atoms with Crippen molar-refractivity contribution >= 4 is 29.9 Å². The van der Waals surface area contributed by atoms with E-state index in [1.54, 1.807) is 0 Å². The van der Waals surface area contributed by atoms with Gasteiger partial charge in [-0.3, -0.25) is 0 Å². The molecule has 1 aromatic rings. The highest BCUT2D eigenvalue weighted by Crippen LogP contribution is 2.24. The minimum Gasteiger partial charge on any atom is -0.488 e. The summed E-state index contributed by atoms with van der Waals surface area (Å²) in [5.74, 6) is 1.63. The van der Waals surface area contributed by atoms with Gasteiger partial charge in [0.1, 0.15) is 11.9 Å². The van der Waals surface area contributed by atoms with E-state index in [2.05, 4.69) is 40.7 Å². The number of benzene rings is 1. The number of nitrogens with zero attached hydrogens (tertiary/aromatic N) is 1. The molecule has 2 rings (SSSR count). The first-order valence-corrected chi connectivity index (χ1v) is 9.40. The van der Waals surface area contributed by atoms with Gasteiger partial charge in [0.2, 0.25) is 0 Å². The normalized spacial score (nSPS) is 17.4. The van der Waals surface area contributed by atoms with Crippen LogP contribution in [0.1, 0.15) is 38.3 Å². The molecule has 0 saturated carbocycles. The number of rotatable bonds is 8. The first kappa shape index (κ1) is 24.0. The summed E-state index contributed by atoms with van der Waals surface area (Å²) in [6.45, 7) is 11.6. The summed E-state index contributed by atoms with van der Waals surface area (Å²) in [6.07, 6.45) is 1.05. The molecule has 1 aromatic carbocycles. The smallest absolute Gasteiger partial charge is 0.191 e. The maximum absolute atomic E-state index is 9.42. The molecule has 1 unspecified atom stereocenters.